The number of amides is 6. The molecule has 6 rings (SSSR count). The van der Waals surface area contributed by atoms with E-state index in [0.717, 1.165) is 56.9 Å². The number of rotatable bonds is 7. The van der Waals surface area contributed by atoms with Crippen LogP contribution in [0.25, 0.3) is 0 Å². The number of nitrogens with zero attached hydrogens (tertiary/aromatic N) is 4. The molecule has 0 saturated carbocycles. The van der Waals surface area contributed by atoms with Crippen LogP contribution in [0.2, 0.25) is 0 Å². The van der Waals surface area contributed by atoms with Crippen LogP contribution in [0, 0.1) is 5.41 Å². The Morgan fingerprint density at radius 2 is 1.71 bits per heavy atom. The standard InChI is InChI=1S/C32H42N6O7/c1-31(2,3)45-30(44)33-20-11-14-36(15-12-20)25(40)8-5-13-35-16-32(17-35)18-37(19-32)22-7-4-6-21-26(22)29(43)38(28(21)42)23-9-10-24(39)34-27(23)41/h4,6-7,20,23H,5,8-19H2,1-3H3,(H,33,44)(H,34,39,41). The van der Waals surface area contributed by atoms with Gasteiger partial charge in [0.1, 0.15) is 11.6 Å². The molecular weight excluding hydrogens is 580 g/mol. The second-order valence-corrected chi connectivity index (χ2v) is 14.1. The molecule has 1 unspecified atom stereocenters. The Morgan fingerprint density at radius 1 is 1.00 bits per heavy atom. The van der Waals surface area contributed by atoms with Gasteiger partial charge in [0.2, 0.25) is 17.7 Å². The molecule has 4 saturated heterocycles. The van der Waals surface area contributed by atoms with Gasteiger partial charge in [-0.1, -0.05) is 6.07 Å². The SMILES string of the molecule is CC(C)(C)OC(=O)NC1CCN(C(=O)CCCN2CC3(C2)CN(c2cccc4c2C(=O)N(C2CCC(=O)NC2=O)C4=O)C3)CC1. The van der Waals surface area contributed by atoms with Gasteiger partial charge >= 0.3 is 6.09 Å². The predicted octanol–water partition coefficient (Wildman–Crippen LogP) is 1.51. The lowest BCUT2D eigenvalue weighted by Gasteiger charge is -2.61. The fourth-order valence-electron chi connectivity index (χ4n) is 7.31. The normalized spacial score (nSPS) is 23.4. The lowest BCUT2D eigenvalue weighted by Crippen LogP contribution is -2.72. The molecule has 1 aromatic carbocycles. The first kappa shape index (κ1) is 31.0. The maximum absolute atomic E-state index is 13.4. The Balaban J connectivity index is 0.928. The summed E-state index contributed by atoms with van der Waals surface area (Å²) in [6, 6.07) is 4.27. The van der Waals surface area contributed by atoms with Gasteiger partial charge in [-0.25, -0.2) is 4.79 Å². The van der Waals surface area contributed by atoms with E-state index in [-0.39, 0.29) is 30.2 Å². The van der Waals surface area contributed by atoms with Crippen LogP contribution in [0.4, 0.5) is 10.5 Å². The molecule has 242 valence electrons. The Morgan fingerprint density at radius 3 is 2.38 bits per heavy atom. The van der Waals surface area contributed by atoms with Gasteiger partial charge in [-0.2, -0.15) is 0 Å². The second kappa shape index (κ2) is 11.7. The van der Waals surface area contributed by atoms with Crippen molar-refractivity contribution in [1.82, 2.24) is 25.3 Å². The number of nitrogens with one attached hydrogen (secondary N) is 2. The van der Waals surface area contributed by atoms with Crippen LogP contribution in [0.5, 0.6) is 0 Å². The summed E-state index contributed by atoms with van der Waals surface area (Å²) in [6.07, 6.45) is 2.52. The zero-order valence-corrected chi connectivity index (χ0v) is 26.2. The van der Waals surface area contributed by atoms with Crippen LogP contribution in [0.3, 0.4) is 0 Å². The van der Waals surface area contributed by atoms with Crippen molar-refractivity contribution < 1.29 is 33.5 Å². The molecule has 1 spiro atoms. The number of hydrogen-bond acceptors (Lipinski definition) is 9. The van der Waals surface area contributed by atoms with E-state index < -0.39 is 41.4 Å². The topological polar surface area (TPSA) is 149 Å². The summed E-state index contributed by atoms with van der Waals surface area (Å²) in [6.45, 7) is 11.0. The third-order valence-electron chi connectivity index (χ3n) is 9.39. The first-order chi connectivity index (χ1) is 21.3. The molecule has 1 aromatic rings. The summed E-state index contributed by atoms with van der Waals surface area (Å²) in [7, 11) is 0. The van der Waals surface area contributed by atoms with Gasteiger partial charge in [0.25, 0.3) is 11.8 Å². The van der Waals surface area contributed by atoms with E-state index in [2.05, 4.69) is 20.4 Å². The number of hydrogen-bond donors (Lipinski definition) is 2. The number of benzene rings is 1. The Bertz CT molecular complexity index is 1420. The number of imide groups is 2. The Labute approximate surface area is 262 Å². The van der Waals surface area contributed by atoms with Crippen molar-refractivity contribution in [1.29, 1.82) is 0 Å². The van der Waals surface area contributed by atoms with Gasteiger partial charge in [-0.3, -0.25) is 34.2 Å². The highest BCUT2D eigenvalue weighted by molar-refractivity contribution is 6.25. The van der Waals surface area contributed by atoms with E-state index >= 15 is 0 Å². The summed E-state index contributed by atoms with van der Waals surface area (Å²) in [5.41, 5.74) is 0.931. The van der Waals surface area contributed by atoms with Gasteiger partial charge in [-0.05, 0) is 65.1 Å². The van der Waals surface area contributed by atoms with Gasteiger partial charge in [0, 0.05) is 63.6 Å². The van der Waals surface area contributed by atoms with Gasteiger partial charge < -0.3 is 24.8 Å². The molecule has 0 aromatic heterocycles. The molecule has 4 fully saturated rings. The van der Waals surface area contributed by atoms with E-state index in [4.69, 9.17) is 4.74 Å². The third kappa shape index (κ3) is 6.27. The van der Waals surface area contributed by atoms with Gasteiger partial charge in [0.05, 0.1) is 16.8 Å². The number of carbonyl (C=O) groups excluding carboxylic acids is 6. The summed E-state index contributed by atoms with van der Waals surface area (Å²) < 4.78 is 5.33. The summed E-state index contributed by atoms with van der Waals surface area (Å²) in [5, 5.41) is 5.14. The highest BCUT2D eigenvalue weighted by atomic mass is 16.6. The molecule has 0 radical (unpaired) electrons. The molecule has 1 atom stereocenters. The van der Waals surface area contributed by atoms with Crippen LogP contribution >= 0.6 is 0 Å². The zero-order valence-electron chi connectivity index (χ0n) is 26.2. The average molecular weight is 623 g/mol. The summed E-state index contributed by atoms with van der Waals surface area (Å²) in [4.78, 5) is 82.8. The van der Waals surface area contributed by atoms with E-state index in [1.54, 1.807) is 12.1 Å². The summed E-state index contributed by atoms with van der Waals surface area (Å²) in [5.74, 6) is -1.83. The molecule has 13 nitrogen and oxygen atoms in total. The van der Waals surface area contributed by atoms with Crippen LogP contribution in [-0.2, 0) is 19.1 Å². The van der Waals surface area contributed by atoms with Crippen molar-refractivity contribution in [2.45, 2.75) is 77.0 Å². The molecule has 5 aliphatic rings. The van der Waals surface area contributed by atoms with Gasteiger partial charge in [-0.15, -0.1) is 0 Å². The van der Waals surface area contributed by atoms with E-state index in [9.17, 15) is 28.8 Å². The highest BCUT2D eigenvalue weighted by Crippen LogP contribution is 2.44. The van der Waals surface area contributed by atoms with Crippen molar-refractivity contribution in [2.75, 3.05) is 50.7 Å². The fourth-order valence-corrected chi connectivity index (χ4v) is 7.31. The van der Waals surface area contributed by atoms with Crippen molar-refractivity contribution in [2.24, 2.45) is 5.41 Å². The Hall–Kier alpha value is -4.00. The first-order valence-corrected chi connectivity index (χ1v) is 15.9. The lowest BCUT2D eigenvalue weighted by molar-refractivity contribution is -0.136. The molecule has 2 N–H and O–H groups in total. The minimum atomic E-state index is -0.981. The highest BCUT2D eigenvalue weighted by Gasteiger charge is 2.53. The number of ether oxygens (including phenoxy) is 1. The monoisotopic (exact) mass is 622 g/mol. The second-order valence-electron chi connectivity index (χ2n) is 14.1. The molecule has 0 aliphatic carbocycles. The third-order valence-corrected chi connectivity index (χ3v) is 9.39. The smallest absolute Gasteiger partial charge is 0.407 e. The molecule has 0 bridgehead atoms. The Kier molecular flexibility index (Phi) is 8.09. The first-order valence-electron chi connectivity index (χ1n) is 15.9. The van der Waals surface area contributed by atoms with E-state index in [0.29, 0.717) is 36.3 Å². The fraction of sp³-hybridized carbons (Fsp3) is 0.625. The van der Waals surface area contributed by atoms with Crippen molar-refractivity contribution in [3.05, 3.63) is 29.3 Å². The number of fused-ring (bicyclic) bond motifs is 1. The molecule has 13 heteroatoms. The summed E-state index contributed by atoms with van der Waals surface area (Å²) >= 11 is 0. The average Bonchev–Trinajstić information content (AvgIpc) is 3.18. The minimum absolute atomic E-state index is 0.0167. The number of piperidine rings is 2. The predicted molar refractivity (Wildman–Crippen MR) is 162 cm³/mol. The van der Waals surface area contributed by atoms with Crippen molar-refractivity contribution in [3.8, 4) is 0 Å². The zero-order chi connectivity index (χ0) is 32.1. The molecule has 6 amide bonds. The van der Waals surface area contributed by atoms with E-state index in [1.165, 1.54) is 0 Å². The lowest BCUT2D eigenvalue weighted by atomic mass is 9.72. The van der Waals surface area contributed by atoms with Crippen LogP contribution in [0.15, 0.2) is 18.2 Å². The largest absolute Gasteiger partial charge is 0.444 e. The van der Waals surface area contributed by atoms with Crippen LogP contribution in [-0.4, -0.2) is 114 Å². The number of anilines is 1. The number of alkyl carbamates (subject to hydrolysis) is 1. The molecular formula is C32H42N6O7. The maximum atomic E-state index is 13.4. The molecule has 5 heterocycles. The quantitative estimate of drug-likeness (QED) is 0.432. The minimum Gasteiger partial charge on any atom is -0.444 e. The number of carbonyl (C=O) groups is 6. The van der Waals surface area contributed by atoms with E-state index in [1.807, 2.05) is 31.7 Å². The number of likely N-dealkylation sites (tertiary alicyclic amines) is 2. The maximum Gasteiger partial charge on any atom is 0.407 e. The van der Waals surface area contributed by atoms with Crippen LogP contribution in [0.1, 0.15) is 80.0 Å². The van der Waals surface area contributed by atoms with Crippen molar-refractivity contribution >= 4 is 41.3 Å². The molecule has 5 aliphatic heterocycles. The van der Waals surface area contributed by atoms with Gasteiger partial charge in [0.15, 0.2) is 0 Å². The van der Waals surface area contributed by atoms with Crippen molar-refractivity contribution in [3.63, 3.8) is 0 Å². The van der Waals surface area contributed by atoms with Crippen LogP contribution < -0.4 is 15.5 Å². The molecule has 45 heavy (non-hydrogen) atoms.